The quantitative estimate of drug-likeness (QED) is 0.627. The van der Waals surface area contributed by atoms with Gasteiger partial charge in [0.2, 0.25) is 5.91 Å². The minimum atomic E-state index is 0.130. The number of nitrogens with one attached hydrogen (secondary N) is 2. The standard InChI is InChI=1S/C21H29ClN4O2/c1-28-13-10-23-20(27)7-2-16-8-11-26(12-9-16)15-18-14-24-25-21(18)17-3-5-19(22)6-4-17/h3-6,14,16H,2,7-13,15H2,1H3,(H,23,27)(H,24,25). The first-order valence-corrected chi connectivity index (χ1v) is 10.3. The van der Waals surface area contributed by atoms with Crippen molar-refractivity contribution in [1.82, 2.24) is 20.4 Å². The van der Waals surface area contributed by atoms with Crippen LogP contribution < -0.4 is 5.32 Å². The molecule has 1 amide bonds. The normalized spacial score (nSPS) is 15.6. The topological polar surface area (TPSA) is 70.2 Å². The Kier molecular flexibility index (Phi) is 7.89. The van der Waals surface area contributed by atoms with Gasteiger partial charge >= 0.3 is 0 Å². The van der Waals surface area contributed by atoms with E-state index in [1.807, 2.05) is 30.5 Å². The summed E-state index contributed by atoms with van der Waals surface area (Å²) in [5.41, 5.74) is 3.37. The number of carbonyl (C=O) groups excluding carboxylic acids is 1. The van der Waals surface area contributed by atoms with Crippen molar-refractivity contribution in [2.45, 2.75) is 32.2 Å². The van der Waals surface area contributed by atoms with Crippen LogP contribution in [-0.4, -0.2) is 54.4 Å². The molecule has 1 aliphatic rings. The number of hydrogen-bond acceptors (Lipinski definition) is 4. The lowest BCUT2D eigenvalue weighted by molar-refractivity contribution is -0.121. The molecule has 1 fully saturated rings. The number of amides is 1. The van der Waals surface area contributed by atoms with Crippen molar-refractivity contribution in [3.63, 3.8) is 0 Å². The Balaban J connectivity index is 1.43. The summed E-state index contributed by atoms with van der Waals surface area (Å²) in [5.74, 6) is 0.759. The molecule has 0 radical (unpaired) electrons. The lowest BCUT2D eigenvalue weighted by Crippen LogP contribution is -2.34. The fourth-order valence-corrected chi connectivity index (χ4v) is 3.81. The van der Waals surface area contributed by atoms with Crippen LogP contribution in [0.4, 0.5) is 0 Å². The molecule has 7 heteroatoms. The number of nitrogens with zero attached hydrogens (tertiary/aromatic N) is 2. The fourth-order valence-electron chi connectivity index (χ4n) is 3.69. The first-order chi connectivity index (χ1) is 13.7. The van der Waals surface area contributed by atoms with E-state index in [2.05, 4.69) is 20.4 Å². The molecule has 0 aliphatic carbocycles. The molecule has 1 aromatic heterocycles. The largest absolute Gasteiger partial charge is 0.383 e. The molecule has 0 atom stereocenters. The van der Waals surface area contributed by atoms with Gasteiger partial charge < -0.3 is 10.1 Å². The number of aromatic nitrogens is 2. The summed E-state index contributed by atoms with van der Waals surface area (Å²) in [6, 6.07) is 7.84. The number of piperidine rings is 1. The Labute approximate surface area is 171 Å². The molecule has 152 valence electrons. The highest BCUT2D eigenvalue weighted by Gasteiger charge is 2.21. The second-order valence-electron chi connectivity index (χ2n) is 7.38. The average molecular weight is 405 g/mol. The number of H-pyrrole nitrogens is 1. The number of aromatic amines is 1. The molecule has 28 heavy (non-hydrogen) atoms. The molecule has 1 aromatic carbocycles. The van der Waals surface area contributed by atoms with Gasteiger partial charge in [0.25, 0.3) is 0 Å². The summed E-state index contributed by atoms with van der Waals surface area (Å²) >= 11 is 5.99. The highest BCUT2D eigenvalue weighted by Crippen LogP contribution is 2.27. The third kappa shape index (κ3) is 6.06. The molecule has 3 rings (SSSR count). The van der Waals surface area contributed by atoms with Crippen molar-refractivity contribution in [2.24, 2.45) is 5.92 Å². The van der Waals surface area contributed by atoms with E-state index in [0.29, 0.717) is 25.5 Å². The minimum absolute atomic E-state index is 0.130. The van der Waals surface area contributed by atoms with E-state index >= 15 is 0 Å². The maximum Gasteiger partial charge on any atom is 0.220 e. The Morgan fingerprint density at radius 2 is 2.07 bits per heavy atom. The Morgan fingerprint density at radius 1 is 1.32 bits per heavy atom. The summed E-state index contributed by atoms with van der Waals surface area (Å²) in [6.07, 6.45) is 5.77. The van der Waals surface area contributed by atoms with E-state index in [1.165, 1.54) is 5.56 Å². The Morgan fingerprint density at radius 3 is 2.79 bits per heavy atom. The van der Waals surface area contributed by atoms with Crippen LogP contribution in [0.2, 0.25) is 5.02 Å². The molecule has 1 aliphatic heterocycles. The van der Waals surface area contributed by atoms with Crippen LogP contribution in [0.25, 0.3) is 11.3 Å². The number of methoxy groups -OCH3 is 1. The van der Waals surface area contributed by atoms with E-state index < -0.39 is 0 Å². The minimum Gasteiger partial charge on any atom is -0.383 e. The van der Waals surface area contributed by atoms with Gasteiger partial charge in [-0.05, 0) is 56.0 Å². The van der Waals surface area contributed by atoms with E-state index in [0.717, 1.165) is 55.2 Å². The van der Waals surface area contributed by atoms with Crippen molar-refractivity contribution in [3.05, 3.63) is 41.0 Å². The molecule has 6 nitrogen and oxygen atoms in total. The van der Waals surface area contributed by atoms with Gasteiger partial charge in [0.05, 0.1) is 18.5 Å². The summed E-state index contributed by atoms with van der Waals surface area (Å²) < 4.78 is 4.95. The molecule has 2 N–H and O–H groups in total. The van der Waals surface area contributed by atoms with Gasteiger partial charge in [-0.15, -0.1) is 0 Å². The summed E-state index contributed by atoms with van der Waals surface area (Å²) in [5, 5.41) is 11.0. The van der Waals surface area contributed by atoms with Crippen LogP contribution in [0, 0.1) is 5.92 Å². The van der Waals surface area contributed by atoms with Gasteiger partial charge in [-0.2, -0.15) is 5.10 Å². The third-order valence-electron chi connectivity index (χ3n) is 5.36. The SMILES string of the molecule is COCCNC(=O)CCC1CCN(Cc2cn[nH]c2-c2ccc(Cl)cc2)CC1. The van der Waals surface area contributed by atoms with Crippen LogP contribution in [0.1, 0.15) is 31.2 Å². The predicted octanol–water partition coefficient (Wildman–Crippen LogP) is 3.48. The number of halogens is 1. The molecule has 0 unspecified atom stereocenters. The molecule has 1 saturated heterocycles. The van der Waals surface area contributed by atoms with E-state index in [1.54, 1.807) is 7.11 Å². The van der Waals surface area contributed by atoms with Gasteiger partial charge in [-0.3, -0.25) is 14.8 Å². The zero-order valence-corrected chi connectivity index (χ0v) is 17.2. The van der Waals surface area contributed by atoms with E-state index in [4.69, 9.17) is 16.3 Å². The highest BCUT2D eigenvalue weighted by molar-refractivity contribution is 6.30. The lowest BCUT2D eigenvalue weighted by atomic mass is 9.91. The van der Waals surface area contributed by atoms with Crippen LogP contribution in [0.3, 0.4) is 0 Å². The van der Waals surface area contributed by atoms with Crippen LogP contribution in [0.15, 0.2) is 30.5 Å². The first-order valence-electron chi connectivity index (χ1n) is 9.92. The van der Waals surface area contributed by atoms with Crippen molar-refractivity contribution in [2.75, 3.05) is 33.4 Å². The van der Waals surface area contributed by atoms with Crippen LogP contribution >= 0.6 is 11.6 Å². The summed E-state index contributed by atoms with van der Waals surface area (Å²) in [7, 11) is 1.64. The second kappa shape index (κ2) is 10.6. The first kappa shape index (κ1) is 20.8. The van der Waals surface area contributed by atoms with Crippen LogP contribution in [0.5, 0.6) is 0 Å². The number of ether oxygens (including phenoxy) is 1. The number of carbonyl (C=O) groups is 1. The summed E-state index contributed by atoms with van der Waals surface area (Å²) in [6.45, 7) is 4.16. The zero-order valence-electron chi connectivity index (χ0n) is 16.4. The van der Waals surface area contributed by atoms with Gasteiger partial charge in [0.15, 0.2) is 0 Å². The van der Waals surface area contributed by atoms with Crippen molar-refractivity contribution in [1.29, 1.82) is 0 Å². The van der Waals surface area contributed by atoms with Gasteiger partial charge in [0, 0.05) is 37.2 Å². The monoisotopic (exact) mass is 404 g/mol. The van der Waals surface area contributed by atoms with Crippen molar-refractivity contribution < 1.29 is 9.53 Å². The summed E-state index contributed by atoms with van der Waals surface area (Å²) in [4.78, 5) is 14.3. The van der Waals surface area contributed by atoms with Gasteiger partial charge in [-0.1, -0.05) is 23.7 Å². The molecular formula is C21H29ClN4O2. The molecule has 0 saturated carbocycles. The van der Waals surface area contributed by atoms with E-state index in [9.17, 15) is 4.79 Å². The Hall–Kier alpha value is -1.89. The second-order valence-corrected chi connectivity index (χ2v) is 7.81. The number of rotatable bonds is 9. The fraction of sp³-hybridized carbons (Fsp3) is 0.524. The van der Waals surface area contributed by atoms with E-state index in [-0.39, 0.29) is 5.91 Å². The lowest BCUT2D eigenvalue weighted by Gasteiger charge is -2.31. The number of hydrogen-bond donors (Lipinski definition) is 2. The zero-order chi connectivity index (χ0) is 19.8. The smallest absolute Gasteiger partial charge is 0.220 e. The number of benzene rings is 1. The molecule has 2 aromatic rings. The molecule has 0 spiro atoms. The maximum atomic E-state index is 11.8. The third-order valence-corrected chi connectivity index (χ3v) is 5.61. The van der Waals surface area contributed by atoms with Crippen molar-refractivity contribution in [3.8, 4) is 11.3 Å². The maximum absolute atomic E-state index is 11.8. The Bertz CT molecular complexity index is 739. The van der Waals surface area contributed by atoms with Gasteiger partial charge in [0.1, 0.15) is 0 Å². The van der Waals surface area contributed by atoms with Gasteiger partial charge in [-0.25, -0.2) is 0 Å². The molecule has 2 heterocycles. The molecule has 0 bridgehead atoms. The van der Waals surface area contributed by atoms with Crippen LogP contribution in [-0.2, 0) is 16.1 Å². The molecular weight excluding hydrogens is 376 g/mol. The number of likely N-dealkylation sites (tertiary alicyclic amines) is 1. The highest BCUT2D eigenvalue weighted by atomic mass is 35.5. The average Bonchev–Trinajstić information content (AvgIpc) is 3.16. The predicted molar refractivity (Wildman–Crippen MR) is 111 cm³/mol. The van der Waals surface area contributed by atoms with Crippen molar-refractivity contribution >= 4 is 17.5 Å².